The molecule has 1 aliphatic heterocycles. The van der Waals surface area contributed by atoms with Crippen molar-refractivity contribution in [1.82, 2.24) is 9.80 Å². The Morgan fingerprint density at radius 1 is 1.10 bits per heavy atom. The summed E-state index contributed by atoms with van der Waals surface area (Å²) in [5.41, 5.74) is -0.921. The second kappa shape index (κ2) is 11.4. The lowest BCUT2D eigenvalue weighted by Gasteiger charge is -2.44. The number of hydrogen-bond acceptors (Lipinski definition) is 3. The van der Waals surface area contributed by atoms with Gasteiger partial charge in [-0.05, 0) is 64.5 Å². The molecule has 1 aromatic carbocycles. The second-order valence-electron chi connectivity index (χ2n) is 8.84. The molecule has 2 aliphatic rings. The summed E-state index contributed by atoms with van der Waals surface area (Å²) in [7, 11) is 4.19. The molecule has 1 unspecified atom stereocenters. The van der Waals surface area contributed by atoms with E-state index in [1.807, 2.05) is 0 Å². The van der Waals surface area contributed by atoms with Crippen molar-refractivity contribution in [3.63, 3.8) is 0 Å². The highest BCUT2D eigenvalue weighted by molar-refractivity contribution is 5.85. The van der Waals surface area contributed by atoms with Crippen molar-refractivity contribution in [2.24, 2.45) is 0 Å². The highest BCUT2D eigenvalue weighted by Crippen LogP contribution is 2.42. The maximum atomic E-state index is 13.3. The molecule has 1 atom stereocenters. The third-order valence-corrected chi connectivity index (χ3v) is 6.71. The minimum absolute atomic E-state index is 0. The SMILES string of the molecule is CN(C)C1CCN(CC(c2cccc(C(F)(F)F)c2)C2(O)CCCCC2)CC1.Cl.Cl. The standard InChI is InChI=1S/C22H33F3N2O.2ClH/c1-26(2)19-9-13-27(14-10-19)16-20(21(28)11-4-3-5-12-21)17-7-6-8-18(15-17)22(23,24)25;;/h6-8,15,19-20,28H,3-5,9-14,16H2,1-2H3;2*1H. The summed E-state index contributed by atoms with van der Waals surface area (Å²) >= 11 is 0. The first-order valence-corrected chi connectivity index (χ1v) is 10.5. The summed E-state index contributed by atoms with van der Waals surface area (Å²) in [6, 6.07) is 6.17. The fraction of sp³-hybridized carbons (Fsp3) is 0.727. The number of benzene rings is 1. The van der Waals surface area contributed by atoms with E-state index in [2.05, 4.69) is 23.9 Å². The molecule has 1 saturated carbocycles. The number of hydrogen-bond donors (Lipinski definition) is 1. The Labute approximate surface area is 190 Å². The van der Waals surface area contributed by atoms with Crippen molar-refractivity contribution >= 4 is 24.8 Å². The highest BCUT2D eigenvalue weighted by Gasteiger charge is 2.41. The van der Waals surface area contributed by atoms with E-state index < -0.39 is 17.3 Å². The van der Waals surface area contributed by atoms with E-state index in [-0.39, 0.29) is 30.7 Å². The molecule has 1 aliphatic carbocycles. The Hall–Kier alpha value is -0.530. The predicted octanol–water partition coefficient (Wildman–Crippen LogP) is 5.35. The van der Waals surface area contributed by atoms with Gasteiger partial charge in [0.15, 0.2) is 0 Å². The van der Waals surface area contributed by atoms with Gasteiger partial charge in [-0.2, -0.15) is 13.2 Å². The molecule has 1 aromatic rings. The molecule has 1 heterocycles. The molecular weight excluding hydrogens is 436 g/mol. The summed E-state index contributed by atoms with van der Waals surface area (Å²) in [6.07, 6.45) is 2.06. The van der Waals surface area contributed by atoms with Gasteiger partial charge in [0, 0.05) is 18.5 Å². The fourth-order valence-corrected chi connectivity index (χ4v) is 4.91. The van der Waals surface area contributed by atoms with Crippen LogP contribution in [-0.2, 0) is 6.18 Å². The molecule has 1 saturated heterocycles. The zero-order chi connectivity index (χ0) is 20.4. The summed E-state index contributed by atoms with van der Waals surface area (Å²) in [5, 5.41) is 11.4. The van der Waals surface area contributed by atoms with Crippen LogP contribution in [0.15, 0.2) is 24.3 Å². The van der Waals surface area contributed by atoms with Crippen molar-refractivity contribution in [2.45, 2.75) is 68.7 Å². The molecule has 0 spiro atoms. The summed E-state index contributed by atoms with van der Waals surface area (Å²) < 4.78 is 39.8. The van der Waals surface area contributed by atoms with Crippen LogP contribution in [0.5, 0.6) is 0 Å². The number of alkyl halides is 3. The number of nitrogens with zero attached hydrogens (tertiary/aromatic N) is 2. The van der Waals surface area contributed by atoms with E-state index in [9.17, 15) is 18.3 Å². The smallest absolute Gasteiger partial charge is 0.389 e. The van der Waals surface area contributed by atoms with Gasteiger partial charge >= 0.3 is 6.18 Å². The molecule has 3 rings (SSSR count). The van der Waals surface area contributed by atoms with Gasteiger partial charge in [-0.3, -0.25) is 0 Å². The summed E-state index contributed by atoms with van der Waals surface area (Å²) in [4.78, 5) is 4.58. The molecule has 8 heteroatoms. The highest BCUT2D eigenvalue weighted by atomic mass is 35.5. The van der Waals surface area contributed by atoms with E-state index in [0.29, 0.717) is 31.0 Å². The number of likely N-dealkylation sites (tertiary alicyclic amines) is 1. The maximum absolute atomic E-state index is 13.3. The molecule has 3 nitrogen and oxygen atoms in total. The van der Waals surface area contributed by atoms with Crippen LogP contribution >= 0.6 is 24.8 Å². The lowest BCUT2D eigenvalue weighted by atomic mass is 9.72. The average Bonchev–Trinajstić information content (AvgIpc) is 2.66. The number of piperidine rings is 1. The van der Waals surface area contributed by atoms with Crippen molar-refractivity contribution in [1.29, 1.82) is 0 Å². The van der Waals surface area contributed by atoms with Gasteiger partial charge in [-0.1, -0.05) is 37.5 Å². The first-order chi connectivity index (χ1) is 13.2. The summed E-state index contributed by atoms with van der Waals surface area (Å²) in [5.74, 6) is -0.286. The zero-order valence-electron chi connectivity index (χ0n) is 17.8. The van der Waals surface area contributed by atoms with Gasteiger partial charge in [0.05, 0.1) is 11.2 Å². The van der Waals surface area contributed by atoms with Crippen molar-refractivity contribution in [3.8, 4) is 0 Å². The minimum Gasteiger partial charge on any atom is -0.389 e. The Morgan fingerprint density at radius 3 is 2.23 bits per heavy atom. The molecule has 1 N–H and O–H groups in total. The molecule has 0 radical (unpaired) electrons. The number of aliphatic hydroxyl groups is 1. The van der Waals surface area contributed by atoms with Gasteiger partial charge in [0.2, 0.25) is 0 Å². The largest absolute Gasteiger partial charge is 0.416 e. The van der Waals surface area contributed by atoms with Crippen LogP contribution in [0.25, 0.3) is 0 Å². The third-order valence-electron chi connectivity index (χ3n) is 6.71. The van der Waals surface area contributed by atoms with Gasteiger partial charge in [-0.15, -0.1) is 24.8 Å². The van der Waals surface area contributed by atoms with Gasteiger partial charge in [0.25, 0.3) is 0 Å². The molecular formula is C22H35Cl2F3N2O. The van der Waals surface area contributed by atoms with Crippen LogP contribution < -0.4 is 0 Å². The van der Waals surface area contributed by atoms with Crippen LogP contribution in [0.1, 0.15) is 62.0 Å². The molecule has 0 bridgehead atoms. The Bertz CT molecular complexity index is 644. The van der Waals surface area contributed by atoms with Crippen molar-refractivity contribution < 1.29 is 18.3 Å². The fourth-order valence-electron chi connectivity index (χ4n) is 4.91. The van der Waals surface area contributed by atoms with Crippen molar-refractivity contribution in [2.75, 3.05) is 33.7 Å². The quantitative estimate of drug-likeness (QED) is 0.627. The van der Waals surface area contributed by atoms with Gasteiger partial charge in [0.1, 0.15) is 0 Å². The maximum Gasteiger partial charge on any atom is 0.416 e. The number of rotatable bonds is 5. The van der Waals surface area contributed by atoms with Crippen LogP contribution in [-0.4, -0.2) is 60.3 Å². The lowest BCUT2D eigenvalue weighted by Crippen LogP contribution is -2.48. The van der Waals surface area contributed by atoms with E-state index in [1.54, 1.807) is 6.07 Å². The van der Waals surface area contributed by atoms with Gasteiger partial charge in [-0.25, -0.2) is 0 Å². The van der Waals surface area contributed by atoms with Crippen LogP contribution in [0.4, 0.5) is 13.2 Å². The molecule has 30 heavy (non-hydrogen) atoms. The molecule has 0 amide bonds. The number of halogens is 5. The van der Waals surface area contributed by atoms with E-state index >= 15 is 0 Å². The van der Waals surface area contributed by atoms with Crippen molar-refractivity contribution in [3.05, 3.63) is 35.4 Å². The van der Waals surface area contributed by atoms with Crippen LogP contribution in [0, 0.1) is 0 Å². The molecule has 0 aromatic heterocycles. The summed E-state index contributed by atoms with van der Waals surface area (Å²) in [6.45, 7) is 2.47. The van der Waals surface area contributed by atoms with E-state index in [4.69, 9.17) is 0 Å². The lowest BCUT2D eigenvalue weighted by molar-refractivity contribution is -0.137. The Balaban J connectivity index is 0.00000225. The van der Waals surface area contributed by atoms with E-state index in [0.717, 1.165) is 51.3 Å². The monoisotopic (exact) mass is 470 g/mol. The van der Waals surface area contributed by atoms with Gasteiger partial charge < -0.3 is 14.9 Å². The average molecular weight is 471 g/mol. The Kier molecular flexibility index (Phi) is 10.4. The minimum atomic E-state index is -4.36. The Morgan fingerprint density at radius 2 is 1.70 bits per heavy atom. The van der Waals surface area contributed by atoms with Crippen LogP contribution in [0.2, 0.25) is 0 Å². The normalized spacial score (nSPS) is 21.6. The first-order valence-electron chi connectivity index (χ1n) is 10.5. The van der Waals surface area contributed by atoms with E-state index in [1.165, 1.54) is 12.1 Å². The first kappa shape index (κ1) is 27.5. The predicted molar refractivity (Wildman–Crippen MR) is 120 cm³/mol. The van der Waals surface area contributed by atoms with Crippen LogP contribution in [0.3, 0.4) is 0 Å². The molecule has 2 fully saturated rings. The molecule has 174 valence electrons. The zero-order valence-corrected chi connectivity index (χ0v) is 19.5. The third kappa shape index (κ3) is 6.73. The second-order valence-corrected chi connectivity index (χ2v) is 8.84. The topological polar surface area (TPSA) is 26.7 Å².